The summed E-state index contributed by atoms with van der Waals surface area (Å²) in [6, 6.07) is 0.394. The van der Waals surface area contributed by atoms with E-state index in [0.717, 1.165) is 50.7 Å². The first-order chi connectivity index (χ1) is 10.7. The van der Waals surface area contributed by atoms with Crippen LogP contribution in [0.4, 0.5) is 0 Å². The lowest BCUT2D eigenvalue weighted by atomic mass is 10.2. The molecule has 2 rings (SSSR count). The third-order valence-corrected chi connectivity index (χ3v) is 3.78. The third-order valence-electron chi connectivity index (χ3n) is 3.78. The highest BCUT2D eigenvalue weighted by Gasteiger charge is 2.13. The molecular weight excluding hydrogens is 276 g/mol. The lowest BCUT2D eigenvalue weighted by Gasteiger charge is -2.13. The van der Waals surface area contributed by atoms with Gasteiger partial charge in [-0.25, -0.2) is 0 Å². The Bertz CT molecular complexity index is 477. The van der Waals surface area contributed by atoms with E-state index in [2.05, 4.69) is 51.2 Å². The maximum Gasteiger partial charge on any atom is 0.191 e. The van der Waals surface area contributed by atoms with Crippen molar-refractivity contribution in [3.63, 3.8) is 0 Å². The van der Waals surface area contributed by atoms with Crippen molar-refractivity contribution >= 4 is 5.96 Å². The number of aryl methyl sites for hydroxylation is 2. The summed E-state index contributed by atoms with van der Waals surface area (Å²) >= 11 is 0. The standard InChI is InChI=1S/C16H30N6/c1-4-17-16(19-13(2)3)18-11-8-10-15-21-20-14-9-6-5-7-12-22(14)15/h13H,4-12H2,1-3H3,(H2,17,18,19). The van der Waals surface area contributed by atoms with Gasteiger partial charge in [0.15, 0.2) is 5.96 Å². The molecule has 2 heterocycles. The van der Waals surface area contributed by atoms with Crippen LogP contribution in [0.1, 0.15) is 58.1 Å². The van der Waals surface area contributed by atoms with Crippen molar-refractivity contribution in [3.05, 3.63) is 11.6 Å². The number of guanidine groups is 1. The minimum absolute atomic E-state index is 0.394. The lowest BCUT2D eigenvalue weighted by Crippen LogP contribution is -2.41. The molecule has 1 aliphatic rings. The van der Waals surface area contributed by atoms with Crippen molar-refractivity contribution in [2.75, 3.05) is 13.1 Å². The molecule has 0 amide bonds. The first-order valence-corrected chi connectivity index (χ1v) is 8.66. The number of rotatable bonds is 6. The molecule has 0 aliphatic carbocycles. The van der Waals surface area contributed by atoms with E-state index in [0.29, 0.717) is 6.04 Å². The molecule has 0 unspecified atom stereocenters. The van der Waals surface area contributed by atoms with Crippen molar-refractivity contribution in [2.45, 2.75) is 71.9 Å². The van der Waals surface area contributed by atoms with Gasteiger partial charge in [0, 0.05) is 38.5 Å². The van der Waals surface area contributed by atoms with Gasteiger partial charge in [-0.15, -0.1) is 10.2 Å². The molecule has 1 aliphatic heterocycles. The second-order valence-corrected chi connectivity index (χ2v) is 6.16. The van der Waals surface area contributed by atoms with Gasteiger partial charge in [-0.1, -0.05) is 6.42 Å². The molecule has 0 aromatic carbocycles. The van der Waals surface area contributed by atoms with Gasteiger partial charge in [-0.2, -0.15) is 0 Å². The van der Waals surface area contributed by atoms with Crippen LogP contribution in [0, 0.1) is 0 Å². The summed E-state index contributed by atoms with van der Waals surface area (Å²) in [4.78, 5) is 4.62. The Kier molecular flexibility index (Phi) is 6.68. The van der Waals surface area contributed by atoms with Crippen molar-refractivity contribution in [2.24, 2.45) is 4.99 Å². The van der Waals surface area contributed by atoms with E-state index in [9.17, 15) is 0 Å². The summed E-state index contributed by atoms with van der Waals surface area (Å²) in [5, 5.41) is 15.3. The number of hydrogen-bond donors (Lipinski definition) is 2. The highest BCUT2D eigenvalue weighted by atomic mass is 15.3. The van der Waals surface area contributed by atoms with Crippen LogP contribution in [0.15, 0.2) is 4.99 Å². The normalized spacial score (nSPS) is 15.5. The van der Waals surface area contributed by atoms with E-state index >= 15 is 0 Å². The number of nitrogens with zero attached hydrogens (tertiary/aromatic N) is 4. The molecule has 1 aromatic rings. The van der Waals surface area contributed by atoms with Gasteiger partial charge in [-0.05, 0) is 40.0 Å². The summed E-state index contributed by atoms with van der Waals surface area (Å²) in [6.07, 6.45) is 6.84. The highest BCUT2D eigenvalue weighted by molar-refractivity contribution is 5.79. The Labute approximate surface area is 133 Å². The van der Waals surface area contributed by atoms with E-state index in [1.807, 2.05) is 0 Å². The fourth-order valence-corrected chi connectivity index (χ4v) is 2.75. The first kappa shape index (κ1) is 16.8. The van der Waals surface area contributed by atoms with E-state index in [-0.39, 0.29) is 0 Å². The van der Waals surface area contributed by atoms with Gasteiger partial charge in [0.1, 0.15) is 11.6 Å². The van der Waals surface area contributed by atoms with Crippen molar-refractivity contribution in [1.29, 1.82) is 0 Å². The van der Waals surface area contributed by atoms with E-state index < -0.39 is 0 Å². The zero-order chi connectivity index (χ0) is 15.8. The van der Waals surface area contributed by atoms with Crippen molar-refractivity contribution in [1.82, 2.24) is 25.4 Å². The van der Waals surface area contributed by atoms with Crippen LogP contribution in [0.25, 0.3) is 0 Å². The minimum atomic E-state index is 0.394. The Morgan fingerprint density at radius 3 is 2.91 bits per heavy atom. The van der Waals surface area contributed by atoms with Gasteiger partial charge < -0.3 is 15.2 Å². The molecular formula is C16H30N6. The summed E-state index contributed by atoms with van der Waals surface area (Å²) in [5.74, 6) is 3.21. The fourth-order valence-electron chi connectivity index (χ4n) is 2.75. The zero-order valence-corrected chi connectivity index (χ0v) is 14.2. The van der Waals surface area contributed by atoms with Crippen molar-refractivity contribution < 1.29 is 0 Å². The molecule has 6 nitrogen and oxygen atoms in total. The Hall–Kier alpha value is -1.59. The van der Waals surface area contributed by atoms with E-state index in [4.69, 9.17) is 0 Å². The van der Waals surface area contributed by atoms with Crippen LogP contribution < -0.4 is 10.6 Å². The average molecular weight is 306 g/mol. The number of hydrogen-bond acceptors (Lipinski definition) is 3. The van der Waals surface area contributed by atoms with Crippen molar-refractivity contribution in [3.8, 4) is 0 Å². The van der Waals surface area contributed by atoms with Crippen LogP contribution in [-0.2, 0) is 19.4 Å². The number of nitrogens with one attached hydrogen (secondary N) is 2. The van der Waals surface area contributed by atoms with E-state index in [1.54, 1.807) is 0 Å². The van der Waals surface area contributed by atoms with Crippen LogP contribution in [0.3, 0.4) is 0 Å². The molecule has 0 bridgehead atoms. The number of aromatic nitrogens is 3. The van der Waals surface area contributed by atoms with Crippen LogP contribution in [-0.4, -0.2) is 39.9 Å². The molecule has 0 saturated heterocycles. The maximum absolute atomic E-state index is 4.62. The van der Waals surface area contributed by atoms with Gasteiger partial charge in [0.05, 0.1) is 0 Å². The molecule has 0 fully saturated rings. The highest BCUT2D eigenvalue weighted by Crippen LogP contribution is 2.15. The molecule has 6 heteroatoms. The van der Waals surface area contributed by atoms with Crippen LogP contribution in [0.2, 0.25) is 0 Å². The largest absolute Gasteiger partial charge is 0.357 e. The summed E-state index contributed by atoms with van der Waals surface area (Å²) in [6.45, 7) is 9.11. The van der Waals surface area contributed by atoms with Gasteiger partial charge in [-0.3, -0.25) is 4.99 Å². The number of fused-ring (bicyclic) bond motifs is 1. The van der Waals surface area contributed by atoms with Gasteiger partial charge in [0.25, 0.3) is 0 Å². The maximum atomic E-state index is 4.62. The molecule has 0 atom stereocenters. The van der Waals surface area contributed by atoms with Gasteiger partial charge >= 0.3 is 0 Å². The summed E-state index contributed by atoms with van der Waals surface area (Å²) in [5.41, 5.74) is 0. The smallest absolute Gasteiger partial charge is 0.191 e. The Morgan fingerprint density at radius 2 is 2.14 bits per heavy atom. The molecule has 0 radical (unpaired) electrons. The predicted molar refractivity (Wildman–Crippen MR) is 90.1 cm³/mol. The fraction of sp³-hybridized carbons (Fsp3) is 0.812. The van der Waals surface area contributed by atoms with E-state index in [1.165, 1.54) is 25.1 Å². The molecule has 1 aromatic heterocycles. The molecule has 22 heavy (non-hydrogen) atoms. The SMILES string of the molecule is CCNC(=NCCCc1nnc2n1CCCCC2)NC(C)C. The third kappa shape index (κ3) is 5.00. The topological polar surface area (TPSA) is 67.1 Å². The summed E-state index contributed by atoms with van der Waals surface area (Å²) in [7, 11) is 0. The first-order valence-electron chi connectivity index (χ1n) is 8.66. The molecule has 124 valence electrons. The van der Waals surface area contributed by atoms with Gasteiger partial charge in [0.2, 0.25) is 0 Å². The quantitative estimate of drug-likeness (QED) is 0.478. The van der Waals surface area contributed by atoms with Crippen LogP contribution in [0.5, 0.6) is 0 Å². The predicted octanol–water partition coefficient (Wildman–Crippen LogP) is 1.90. The van der Waals surface area contributed by atoms with Crippen LogP contribution >= 0.6 is 0 Å². The monoisotopic (exact) mass is 306 g/mol. The molecule has 0 spiro atoms. The number of aliphatic imine (C=N–C) groups is 1. The Balaban J connectivity index is 1.84. The lowest BCUT2D eigenvalue weighted by molar-refractivity contribution is 0.597. The zero-order valence-electron chi connectivity index (χ0n) is 14.2. The summed E-state index contributed by atoms with van der Waals surface area (Å²) < 4.78 is 2.33. The Morgan fingerprint density at radius 1 is 1.27 bits per heavy atom. The second-order valence-electron chi connectivity index (χ2n) is 6.16. The minimum Gasteiger partial charge on any atom is -0.357 e. The molecule has 2 N–H and O–H groups in total. The molecule has 0 saturated carbocycles. The second kappa shape index (κ2) is 8.76. The average Bonchev–Trinajstić information content (AvgIpc) is 2.70.